The minimum atomic E-state index is -1.03. The molecule has 1 aromatic heterocycles. The molecule has 1 heterocycles. The van der Waals surface area contributed by atoms with Crippen LogP contribution in [-0.4, -0.2) is 38.0 Å². The third-order valence-corrected chi connectivity index (χ3v) is 2.62. The van der Waals surface area contributed by atoms with Crippen LogP contribution in [0.3, 0.4) is 0 Å². The molecule has 0 aliphatic carbocycles. The number of rotatable bonds is 7. The molecule has 19 heavy (non-hydrogen) atoms. The van der Waals surface area contributed by atoms with Crippen molar-refractivity contribution >= 4 is 11.9 Å². The SMILES string of the molecule is CC(C)CCC(C)NC(=O)c1cn(CC(=O)O)nn1. The first-order chi connectivity index (χ1) is 8.88. The first-order valence-electron chi connectivity index (χ1n) is 6.31. The molecule has 0 radical (unpaired) electrons. The van der Waals surface area contributed by atoms with E-state index in [0.717, 1.165) is 17.5 Å². The highest BCUT2D eigenvalue weighted by Gasteiger charge is 2.14. The molecule has 1 rings (SSSR count). The summed E-state index contributed by atoms with van der Waals surface area (Å²) in [6.45, 7) is 5.89. The van der Waals surface area contributed by atoms with Gasteiger partial charge in [-0.3, -0.25) is 9.59 Å². The number of carboxylic acids is 1. The molecular formula is C12H20N4O3. The van der Waals surface area contributed by atoms with Gasteiger partial charge in [-0.2, -0.15) is 0 Å². The van der Waals surface area contributed by atoms with Crippen molar-refractivity contribution in [3.8, 4) is 0 Å². The molecule has 1 amide bonds. The molecule has 2 N–H and O–H groups in total. The van der Waals surface area contributed by atoms with Crippen molar-refractivity contribution in [2.45, 2.75) is 46.2 Å². The van der Waals surface area contributed by atoms with Crippen LogP contribution < -0.4 is 5.32 Å². The topological polar surface area (TPSA) is 97.1 Å². The zero-order valence-electron chi connectivity index (χ0n) is 11.5. The van der Waals surface area contributed by atoms with Gasteiger partial charge in [-0.1, -0.05) is 19.1 Å². The van der Waals surface area contributed by atoms with Gasteiger partial charge in [0, 0.05) is 6.04 Å². The zero-order chi connectivity index (χ0) is 14.4. The van der Waals surface area contributed by atoms with Gasteiger partial charge in [-0.05, 0) is 25.7 Å². The number of nitrogens with one attached hydrogen (secondary N) is 1. The Morgan fingerprint density at radius 2 is 2.05 bits per heavy atom. The van der Waals surface area contributed by atoms with E-state index >= 15 is 0 Å². The lowest BCUT2D eigenvalue weighted by Crippen LogP contribution is -2.33. The van der Waals surface area contributed by atoms with Crippen LogP contribution in [0.2, 0.25) is 0 Å². The third kappa shape index (κ3) is 5.50. The number of aromatic nitrogens is 3. The predicted molar refractivity (Wildman–Crippen MR) is 68.7 cm³/mol. The molecular weight excluding hydrogens is 248 g/mol. The maximum atomic E-state index is 11.8. The largest absolute Gasteiger partial charge is 0.480 e. The van der Waals surface area contributed by atoms with E-state index in [9.17, 15) is 9.59 Å². The number of carboxylic acid groups (broad SMARTS) is 1. The summed E-state index contributed by atoms with van der Waals surface area (Å²) in [6.07, 6.45) is 3.26. The Hall–Kier alpha value is -1.92. The van der Waals surface area contributed by atoms with Crippen LogP contribution >= 0.6 is 0 Å². The fourth-order valence-electron chi connectivity index (χ4n) is 1.57. The number of hydrogen-bond donors (Lipinski definition) is 2. The number of aliphatic carboxylic acids is 1. The second-order valence-electron chi connectivity index (χ2n) is 5.04. The maximum Gasteiger partial charge on any atom is 0.325 e. The molecule has 7 heteroatoms. The fraction of sp³-hybridized carbons (Fsp3) is 0.667. The smallest absolute Gasteiger partial charge is 0.325 e. The summed E-state index contributed by atoms with van der Waals surface area (Å²) in [7, 11) is 0. The molecule has 0 spiro atoms. The molecule has 0 fully saturated rings. The van der Waals surface area contributed by atoms with E-state index in [1.165, 1.54) is 6.20 Å². The van der Waals surface area contributed by atoms with E-state index in [4.69, 9.17) is 5.11 Å². The quantitative estimate of drug-likeness (QED) is 0.766. The van der Waals surface area contributed by atoms with Crippen LogP contribution in [0.25, 0.3) is 0 Å². The Morgan fingerprint density at radius 3 is 2.63 bits per heavy atom. The number of hydrogen-bond acceptors (Lipinski definition) is 4. The highest BCUT2D eigenvalue weighted by molar-refractivity contribution is 5.92. The molecule has 106 valence electrons. The molecule has 0 aromatic carbocycles. The molecule has 1 atom stereocenters. The van der Waals surface area contributed by atoms with Crippen LogP contribution in [0.5, 0.6) is 0 Å². The Labute approximate surface area is 112 Å². The first-order valence-corrected chi connectivity index (χ1v) is 6.31. The van der Waals surface area contributed by atoms with Gasteiger partial charge in [-0.25, -0.2) is 4.68 Å². The second-order valence-corrected chi connectivity index (χ2v) is 5.04. The summed E-state index contributed by atoms with van der Waals surface area (Å²) in [6, 6.07) is 0.0551. The fourth-order valence-corrected chi connectivity index (χ4v) is 1.57. The molecule has 0 saturated heterocycles. The van der Waals surface area contributed by atoms with Gasteiger partial charge >= 0.3 is 5.97 Å². The Balaban J connectivity index is 2.48. The average molecular weight is 268 g/mol. The molecule has 1 unspecified atom stereocenters. The van der Waals surface area contributed by atoms with E-state index in [2.05, 4.69) is 29.5 Å². The van der Waals surface area contributed by atoms with Crippen LogP contribution in [0, 0.1) is 5.92 Å². The van der Waals surface area contributed by atoms with Crippen molar-refractivity contribution in [3.63, 3.8) is 0 Å². The zero-order valence-corrected chi connectivity index (χ0v) is 11.5. The van der Waals surface area contributed by atoms with Crippen molar-refractivity contribution < 1.29 is 14.7 Å². The van der Waals surface area contributed by atoms with Gasteiger partial charge in [0.2, 0.25) is 0 Å². The summed E-state index contributed by atoms with van der Waals surface area (Å²) in [4.78, 5) is 22.3. The molecule has 1 aromatic rings. The normalized spacial score (nSPS) is 12.4. The average Bonchev–Trinajstić information content (AvgIpc) is 2.74. The van der Waals surface area contributed by atoms with Gasteiger partial charge in [0.25, 0.3) is 5.91 Å². The van der Waals surface area contributed by atoms with Crippen molar-refractivity contribution in [1.29, 1.82) is 0 Å². The number of carbonyl (C=O) groups is 2. The predicted octanol–water partition coefficient (Wildman–Crippen LogP) is 0.917. The Kier molecular flexibility index (Phi) is 5.47. The van der Waals surface area contributed by atoms with Crippen LogP contribution in [0.1, 0.15) is 44.1 Å². The van der Waals surface area contributed by atoms with Gasteiger partial charge in [0.05, 0.1) is 6.20 Å². The number of amides is 1. The minimum Gasteiger partial charge on any atom is -0.480 e. The van der Waals surface area contributed by atoms with Crippen molar-refractivity contribution in [1.82, 2.24) is 20.3 Å². The summed E-state index contributed by atoms with van der Waals surface area (Å²) < 4.78 is 1.12. The van der Waals surface area contributed by atoms with Crippen molar-refractivity contribution in [2.75, 3.05) is 0 Å². The summed E-state index contributed by atoms with van der Waals surface area (Å²) in [5.41, 5.74) is 0.137. The number of carbonyl (C=O) groups excluding carboxylic acids is 1. The van der Waals surface area contributed by atoms with E-state index in [1.54, 1.807) is 0 Å². The summed E-state index contributed by atoms with van der Waals surface area (Å²) in [5.74, 6) is -0.758. The highest BCUT2D eigenvalue weighted by atomic mass is 16.4. The Bertz CT molecular complexity index is 442. The van der Waals surface area contributed by atoms with E-state index in [0.29, 0.717) is 5.92 Å². The summed E-state index contributed by atoms with van der Waals surface area (Å²) in [5, 5.41) is 18.6. The molecule has 0 aliphatic rings. The van der Waals surface area contributed by atoms with Crippen molar-refractivity contribution in [3.05, 3.63) is 11.9 Å². The van der Waals surface area contributed by atoms with Gasteiger partial charge in [0.15, 0.2) is 5.69 Å². The molecule has 7 nitrogen and oxygen atoms in total. The second kappa shape index (κ2) is 6.86. The standard InChI is InChI=1S/C12H20N4O3/c1-8(2)4-5-9(3)13-12(19)10-6-16(15-14-10)7-11(17)18/h6,8-9H,4-5,7H2,1-3H3,(H,13,19)(H,17,18). The molecule has 0 saturated carbocycles. The van der Waals surface area contributed by atoms with E-state index in [1.807, 2.05) is 6.92 Å². The minimum absolute atomic E-state index is 0.0551. The Morgan fingerprint density at radius 1 is 1.37 bits per heavy atom. The third-order valence-electron chi connectivity index (χ3n) is 2.62. The molecule has 0 aliphatic heterocycles. The van der Waals surface area contributed by atoms with Gasteiger partial charge in [0.1, 0.15) is 6.54 Å². The first kappa shape index (κ1) is 15.1. The maximum absolute atomic E-state index is 11.8. The summed E-state index contributed by atoms with van der Waals surface area (Å²) >= 11 is 0. The van der Waals surface area contributed by atoms with Crippen LogP contribution in [0.15, 0.2) is 6.20 Å². The number of nitrogens with zero attached hydrogens (tertiary/aromatic N) is 3. The monoisotopic (exact) mass is 268 g/mol. The van der Waals surface area contributed by atoms with Crippen LogP contribution in [-0.2, 0) is 11.3 Å². The van der Waals surface area contributed by atoms with Gasteiger partial charge < -0.3 is 10.4 Å². The van der Waals surface area contributed by atoms with Crippen molar-refractivity contribution in [2.24, 2.45) is 5.92 Å². The van der Waals surface area contributed by atoms with E-state index in [-0.39, 0.29) is 24.2 Å². The lowest BCUT2D eigenvalue weighted by atomic mass is 10.0. The lowest BCUT2D eigenvalue weighted by molar-refractivity contribution is -0.137. The lowest BCUT2D eigenvalue weighted by Gasteiger charge is -2.13. The van der Waals surface area contributed by atoms with E-state index < -0.39 is 5.97 Å². The highest BCUT2D eigenvalue weighted by Crippen LogP contribution is 2.06. The van der Waals surface area contributed by atoms with Crippen LogP contribution in [0.4, 0.5) is 0 Å². The molecule has 0 bridgehead atoms. The van der Waals surface area contributed by atoms with Gasteiger partial charge in [-0.15, -0.1) is 5.10 Å².